The van der Waals surface area contributed by atoms with Crippen molar-refractivity contribution in [2.24, 2.45) is 12.0 Å². The van der Waals surface area contributed by atoms with Crippen LogP contribution in [0.25, 0.3) is 0 Å². The molecule has 2 heterocycles. The van der Waals surface area contributed by atoms with Crippen LogP contribution in [-0.2, 0) is 13.6 Å². The maximum absolute atomic E-state index is 4.70. The number of nitrogens with zero attached hydrogens (tertiary/aromatic N) is 4. The summed E-state index contributed by atoms with van der Waals surface area (Å²) in [5.41, 5.74) is 2.37. The first-order valence-corrected chi connectivity index (χ1v) is 9.47. The summed E-state index contributed by atoms with van der Waals surface area (Å²) in [5.74, 6) is 0.867. The number of guanidine groups is 1. The molecule has 1 saturated heterocycles. The lowest BCUT2D eigenvalue weighted by molar-refractivity contribution is 0.645. The van der Waals surface area contributed by atoms with Gasteiger partial charge in [0.1, 0.15) is 0 Å². The van der Waals surface area contributed by atoms with Gasteiger partial charge in [0.25, 0.3) is 0 Å². The van der Waals surface area contributed by atoms with Crippen molar-refractivity contribution in [1.29, 1.82) is 0 Å². The summed E-state index contributed by atoms with van der Waals surface area (Å²) in [6, 6.07) is 10.9. The van der Waals surface area contributed by atoms with Gasteiger partial charge in [0.05, 0.1) is 12.2 Å². The summed E-state index contributed by atoms with van der Waals surface area (Å²) in [4.78, 5) is 7.11. The zero-order valence-corrected chi connectivity index (χ0v) is 16.3. The van der Waals surface area contributed by atoms with E-state index < -0.39 is 0 Å². The molecular weight excluding hydrogens is 380 g/mol. The normalized spacial score (nSPS) is 17.8. The molecule has 0 spiro atoms. The molecule has 3 rings (SSSR count). The number of hydrogen-bond acceptors (Lipinski definition) is 3. The summed E-state index contributed by atoms with van der Waals surface area (Å²) in [6.07, 6.45) is 2.91. The minimum absolute atomic E-state index is 0.396. The Morgan fingerprint density at radius 1 is 1.32 bits per heavy atom. The van der Waals surface area contributed by atoms with E-state index >= 15 is 0 Å². The molecule has 0 radical (unpaired) electrons. The molecule has 1 aromatic carbocycles. The first kappa shape index (κ1) is 17.8. The molecule has 7 heteroatoms. The highest BCUT2D eigenvalue weighted by Crippen LogP contribution is 2.22. The lowest BCUT2D eigenvalue weighted by Crippen LogP contribution is -2.44. The molecular formula is C18H25BrN6. The Morgan fingerprint density at radius 3 is 2.80 bits per heavy atom. The van der Waals surface area contributed by atoms with Gasteiger partial charge >= 0.3 is 0 Å². The molecule has 0 aliphatic carbocycles. The lowest BCUT2D eigenvalue weighted by Gasteiger charge is -2.20. The Labute approximate surface area is 157 Å². The van der Waals surface area contributed by atoms with Crippen LogP contribution in [-0.4, -0.2) is 41.4 Å². The van der Waals surface area contributed by atoms with E-state index in [0.29, 0.717) is 12.6 Å². The van der Waals surface area contributed by atoms with E-state index in [9.17, 15) is 0 Å². The Bertz CT molecular complexity index is 709. The van der Waals surface area contributed by atoms with Crippen LogP contribution in [0.3, 0.4) is 0 Å². The van der Waals surface area contributed by atoms with Gasteiger partial charge in [-0.25, -0.2) is 4.99 Å². The maximum Gasteiger partial charge on any atom is 0.191 e. The fraction of sp³-hybridized carbons (Fsp3) is 0.444. The minimum Gasteiger partial charge on any atom is -0.369 e. The third kappa shape index (κ3) is 4.75. The van der Waals surface area contributed by atoms with Gasteiger partial charge in [-0.05, 0) is 43.7 Å². The highest BCUT2D eigenvalue weighted by atomic mass is 79.9. The molecule has 1 aromatic heterocycles. The molecule has 1 fully saturated rings. The van der Waals surface area contributed by atoms with Gasteiger partial charge in [0.15, 0.2) is 5.96 Å². The second-order valence-electron chi connectivity index (χ2n) is 6.19. The molecule has 0 bridgehead atoms. The standard InChI is InChI=1S/C18H25BrN6/c1-3-20-18(21-12-17-8-10-22-24(17)2)23-15-9-11-25(13-15)16-6-4-14(19)5-7-16/h4-8,10,15H,3,9,11-13H2,1-2H3,(H2,20,21,23). The smallest absolute Gasteiger partial charge is 0.191 e. The topological polar surface area (TPSA) is 57.5 Å². The number of aliphatic imine (C=N–C) groups is 1. The van der Waals surface area contributed by atoms with Crippen molar-refractivity contribution in [1.82, 2.24) is 20.4 Å². The van der Waals surface area contributed by atoms with E-state index in [4.69, 9.17) is 4.99 Å². The quantitative estimate of drug-likeness (QED) is 0.593. The van der Waals surface area contributed by atoms with Gasteiger partial charge in [-0.2, -0.15) is 5.10 Å². The summed E-state index contributed by atoms with van der Waals surface area (Å²) in [7, 11) is 1.94. The SMILES string of the molecule is CCNC(=NCc1ccnn1C)NC1CCN(c2ccc(Br)cc2)C1. The van der Waals surface area contributed by atoms with E-state index in [-0.39, 0.29) is 0 Å². The van der Waals surface area contributed by atoms with Crippen LogP contribution in [0.1, 0.15) is 19.0 Å². The molecule has 1 aliphatic rings. The van der Waals surface area contributed by atoms with Gasteiger partial charge < -0.3 is 15.5 Å². The van der Waals surface area contributed by atoms with Crippen LogP contribution in [0.15, 0.2) is 46.0 Å². The maximum atomic E-state index is 4.70. The van der Waals surface area contributed by atoms with E-state index in [0.717, 1.165) is 42.2 Å². The number of hydrogen-bond donors (Lipinski definition) is 2. The fourth-order valence-electron chi connectivity index (χ4n) is 2.99. The average molecular weight is 405 g/mol. The van der Waals surface area contributed by atoms with Gasteiger partial charge in [-0.15, -0.1) is 0 Å². The van der Waals surface area contributed by atoms with Crippen molar-refractivity contribution in [2.75, 3.05) is 24.5 Å². The van der Waals surface area contributed by atoms with Crippen molar-refractivity contribution in [3.63, 3.8) is 0 Å². The van der Waals surface area contributed by atoms with Gasteiger partial charge in [0, 0.05) is 49.1 Å². The van der Waals surface area contributed by atoms with Crippen LogP contribution in [0.5, 0.6) is 0 Å². The predicted molar refractivity (Wildman–Crippen MR) is 106 cm³/mol. The second-order valence-corrected chi connectivity index (χ2v) is 7.11. The molecule has 25 heavy (non-hydrogen) atoms. The van der Waals surface area contributed by atoms with Crippen LogP contribution in [0, 0.1) is 0 Å². The van der Waals surface area contributed by atoms with Gasteiger partial charge in [-0.3, -0.25) is 4.68 Å². The van der Waals surface area contributed by atoms with E-state index in [1.54, 1.807) is 6.20 Å². The van der Waals surface area contributed by atoms with Crippen molar-refractivity contribution in [3.8, 4) is 0 Å². The van der Waals surface area contributed by atoms with Crippen LogP contribution in [0.4, 0.5) is 5.69 Å². The molecule has 2 aromatic rings. The summed E-state index contributed by atoms with van der Waals surface area (Å²) < 4.78 is 2.97. The van der Waals surface area contributed by atoms with Crippen molar-refractivity contribution in [3.05, 3.63) is 46.7 Å². The molecule has 0 saturated carbocycles. The Balaban J connectivity index is 1.59. The number of rotatable bonds is 5. The largest absolute Gasteiger partial charge is 0.369 e. The lowest BCUT2D eigenvalue weighted by atomic mass is 10.3. The second kappa shape index (κ2) is 8.38. The first-order valence-electron chi connectivity index (χ1n) is 8.68. The zero-order chi connectivity index (χ0) is 17.6. The molecule has 134 valence electrons. The van der Waals surface area contributed by atoms with Crippen LogP contribution < -0.4 is 15.5 Å². The summed E-state index contributed by atoms with van der Waals surface area (Å²) >= 11 is 3.49. The van der Waals surface area contributed by atoms with Crippen molar-refractivity contribution >= 4 is 27.6 Å². The van der Waals surface area contributed by atoms with Crippen molar-refractivity contribution < 1.29 is 0 Å². The van der Waals surface area contributed by atoms with E-state index in [1.807, 2.05) is 17.8 Å². The number of aryl methyl sites for hydroxylation is 1. The highest BCUT2D eigenvalue weighted by molar-refractivity contribution is 9.10. The van der Waals surface area contributed by atoms with Crippen LogP contribution in [0.2, 0.25) is 0 Å². The molecule has 1 atom stereocenters. The van der Waals surface area contributed by atoms with Gasteiger partial charge in [0.2, 0.25) is 0 Å². The average Bonchev–Trinajstić information content (AvgIpc) is 3.23. The fourth-order valence-corrected chi connectivity index (χ4v) is 3.26. The third-order valence-electron chi connectivity index (χ3n) is 4.39. The van der Waals surface area contributed by atoms with E-state index in [2.05, 4.69) is 67.8 Å². The molecule has 2 N–H and O–H groups in total. The Hall–Kier alpha value is -2.02. The number of anilines is 1. The molecule has 0 amide bonds. The zero-order valence-electron chi connectivity index (χ0n) is 14.7. The summed E-state index contributed by atoms with van der Waals surface area (Å²) in [5, 5.41) is 11.1. The molecule has 6 nitrogen and oxygen atoms in total. The predicted octanol–water partition coefficient (Wildman–Crippen LogP) is 2.52. The minimum atomic E-state index is 0.396. The molecule has 1 unspecified atom stereocenters. The van der Waals surface area contributed by atoms with Gasteiger partial charge in [-0.1, -0.05) is 15.9 Å². The van der Waals surface area contributed by atoms with E-state index in [1.165, 1.54) is 5.69 Å². The Kier molecular flexibility index (Phi) is 5.96. The monoisotopic (exact) mass is 404 g/mol. The first-order chi connectivity index (χ1) is 12.2. The number of benzene rings is 1. The highest BCUT2D eigenvalue weighted by Gasteiger charge is 2.23. The molecule has 1 aliphatic heterocycles. The van der Waals surface area contributed by atoms with Crippen LogP contribution >= 0.6 is 15.9 Å². The summed E-state index contributed by atoms with van der Waals surface area (Å²) in [6.45, 7) is 5.59. The Morgan fingerprint density at radius 2 is 2.12 bits per heavy atom. The number of halogens is 1. The third-order valence-corrected chi connectivity index (χ3v) is 4.92. The number of nitrogens with one attached hydrogen (secondary N) is 2. The number of aromatic nitrogens is 2. The van der Waals surface area contributed by atoms with Crippen molar-refractivity contribution in [2.45, 2.75) is 25.9 Å².